The Labute approximate surface area is 269 Å². The van der Waals surface area contributed by atoms with E-state index >= 15 is 0 Å². The van der Waals surface area contributed by atoms with Crippen molar-refractivity contribution in [3.8, 4) is 0 Å². The predicted molar refractivity (Wildman–Crippen MR) is 183 cm³/mol. The van der Waals surface area contributed by atoms with Crippen LogP contribution < -0.4 is 0 Å². The van der Waals surface area contributed by atoms with Crippen molar-refractivity contribution in [3.63, 3.8) is 0 Å². The van der Waals surface area contributed by atoms with Gasteiger partial charge in [-0.2, -0.15) is 0 Å². The van der Waals surface area contributed by atoms with E-state index in [1.54, 1.807) is 5.57 Å². The van der Waals surface area contributed by atoms with Crippen LogP contribution in [0.5, 0.6) is 0 Å². The Hall–Kier alpha value is -0.101. The summed E-state index contributed by atoms with van der Waals surface area (Å²) in [7, 11) is 0. The molecule has 1 aliphatic heterocycles. The Morgan fingerprint density at radius 3 is 2.26 bits per heavy atom. The van der Waals surface area contributed by atoms with Crippen molar-refractivity contribution >= 4 is 18.4 Å². The molecule has 4 aliphatic carbocycles. The number of aliphatic hydroxyl groups is 1. The molecule has 5 rings (SSSR count). The number of allylic oxidation sites excluding steroid dienone is 2. The Bertz CT molecular complexity index is 1020. The Morgan fingerprint density at radius 1 is 0.977 bits per heavy atom. The molecule has 1 spiro atoms. The van der Waals surface area contributed by atoms with E-state index in [-0.39, 0.29) is 16.4 Å². The molecule has 43 heavy (non-hydrogen) atoms. The first-order valence-corrected chi connectivity index (χ1v) is 26.3. The maximum atomic E-state index is 12.8. The summed E-state index contributed by atoms with van der Waals surface area (Å²) in [5.41, 5.74) is 2.36. The molecule has 1 unspecified atom stereocenters. The molecule has 1 N–H and O–H groups in total. The van der Waals surface area contributed by atoms with E-state index in [1.807, 2.05) is 0 Å². The van der Waals surface area contributed by atoms with Crippen molar-refractivity contribution in [2.75, 3.05) is 6.61 Å². The van der Waals surface area contributed by atoms with Crippen LogP contribution >= 0.6 is 0 Å². The molecule has 0 aromatic rings. The summed E-state index contributed by atoms with van der Waals surface area (Å²) in [5.74, 6) is 2.39. The van der Waals surface area contributed by atoms with Crippen LogP contribution in [0.2, 0.25) is 13.3 Å². The van der Waals surface area contributed by atoms with Gasteiger partial charge in [-0.1, -0.05) is 13.8 Å². The van der Waals surface area contributed by atoms with Crippen molar-refractivity contribution < 1.29 is 14.9 Å². The Kier molecular flexibility index (Phi) is 10.8. The average Bonchev–Trinajstić information content (AvgIpc) is 3.27. The number of rotatable bonds is 12. The molecule has 5 aliphatic rings. The Balaban J connectivity index is 1.40. The molecule has 3 nitrogen and oxygen atoms in total. The molecule has 0 amide bonds. The van der Waals surface area contributed by atoms with Crippen LogP contribution in [0.1, 0.15) is 138 Å². The summed E-state index contributed by atoms with van der Waals surface area (Å²) in [6.45, 7) is 19.7. The van der Waals surface area contributed by atoms with Gasteiger partial charge >= 0.3 is 240 Å². The van der Waals surface area contributed by atoms with Gasteiger partial charge in [0.15, 0.2) is 0 Å². The molecule has 1 heterocycles. The third kappa shape index (κ3) is 6.55. The summed E-state index contributed by atoms with van der Waals surface area (Å²) < 4.78 is 7.19. The van der Waals surface area contributed by atoms with E-state index in [0.29, 0.717) is 30.3 Å². The van der Waals surface area contributed by atoms with E-state index in [9.17, 15) is 5.11 Å². The van der Waals surface area contributed by atoms with E-state index in [2.05, 4.69) is 57.8 Å². The molecule has 0 aromatic heterocycles. The third-order valence-corrected chi connectivity index (χ3v) is 27.4. The van der Waals surface area contributed by atoms with Crippen LogP contribution in [-0.4, -0.2) is 41.3 Å². The van der Waals surface area contributed by atoms with Crippen molar-refractivity contribution in [2.45, 2.75) is 162 Å². The smallest absolute Gasteiger partial charge is 0.236 e. The molecular formula is C39H66O3Sn. The van der Waals surface area contributed by atoms with Gasteiger partial charge in [0.25, 0.3) is 0 Å². The second-order valence-corrected chi connectivity index (χ2v) is 29.8. The number of hydrogen-bond acceptors (Lipinski definition) is 3. The van der Waals surface area contributed by atoms with Gasteiger partial charge in [0.2, 0.25) is 0 Å². The maximum absolute atomic E-state index is 12.8. The van der Waals surface area contributed by atoms with Crippen LogP contribution in [-0.2, 0) is 9.78 Å². The molecule has 4 fully saturated rings. The van der Waals surface area contributed by atoms with Crippen LogP contribution in [0.3, 0.4) is 0 Å². The van der Waals surface area contributed by atoms with E-state index in [4.69, 9.17) is 16.4 Å². The molecule has 3 saturated carbocycles. The molecule has 7 atom stereocenters. The minimum atomic E-state index is -2.50. The number of fused-ring (bicyclic) bond motifs is 5. The summed E-state index contributed by atoms with van der Waals surface area (Å²) >= 11 is -2.50. The summed E-state index contributed by atoms with van der Waals surface area (Å²) in [6.07, 6.45) is 22.8. The van der Waals surface area contributed by atoms with Crippen LogP contribution in [0.15, 0.2) is 34.0 Å². The van der Waals surface area contributed by atoms with Gasteiger partial charge in [0.1, 0.15) is 0 Å². The SMILES string of the molecule is C=C1C[C@@]2(CC)[C@@H](CC[C@@]2(O)/C=[CH]/[Sn]([CH2]CCC)([CH2]CCC)[CH2]CCC)[C@@H]2CC=C3CC4(CC[C@@H]3[C@@H]12)CC(C)(C)COO4. The quantitative estimate of drug-likeness (QED) is 0.125. The molecule has 1 saturated heterocycles. The second kappa shape index (κ2) is 13.6. The molecular weight excluding hydrogens is 635 g/mol. The summed E-state index contributed by atoms with van der Waals surface area (Å²) in [6, 6.07) is 0. The van der Waals surface area contributed by atoms with Gasteiger partial charge in [0, 0.05) is 0 Å². The van der Waals surface area contributed by atoms with E-state index < -0.39 is 24.0 Å². The number of unbranched alkanes of at least 4 members (excludes halogenated alkanes) is 3. The van der Waals surface area contributed by atoms with Crippen molar-refractivity contribution in [1.29, 1.82) is 0 Å². The van der Waals surface area contributed by atoms with Gasteiger partial charge in [0.05, 0.1) is 6.61 Å². The van der Waals surface area contributed by atoms with E-state index in [0.717, 1.165) is 44.9 Å². The van der Waals surface area contributed by atoms with Gasteiger partial charge < -0.3 is 0 Å². The summed E-state index contributed by atoms with van der Waals surface area (Å²) in [4.78, 5) is 11.8. The van der Waals surface area contributed by atoms with Crippen molar-refractivity contribution in [3.05, 3.63) is 34.0 Å². The van der Waals surface area contributed by atoms with Gasteiger partial charge in [-0.05, 0) is 5.41 Å². The van der Waals surface area contributed by atoms with Crippen LogP contribution in [0.25, 0.3) is 0 Å². The fraction of sp³-hybridized carbons (Fsp3) is 0.846. The minimum Gasteiger partial charge on any atom is -0.236 e. The first kappa shape index (κ1) is 34.2. The minimum absolute atomic E-state index is 0.0504. The zero-order valence-corrected chi connectivity index (χ0v) is 31.8. The second-order valence-electron chi connectivity index (χ2n) is 16.8. The van der Waals surface area contributed by atoms with Gasteiger partial charge in [-0.25, -0.2) is 4.89 Å². The molecule has 244 valence electrons. The fourth-order valence-electron chi connectivity index (χ4n) is 11.2. The van der Waals surface area contributed by atoms with Crippen LogP contribution in [0, 0.1) is 34.5 Å². The van der Waals surface area contributed by atoms with E-state index in [1.165, 1.54) is 70.2 Å². The molecule has 0 aromatic carbocycles. The normalized spacial score (nSPS) is 39.0. The summed E-state index contributed by atoms with van der Waals surface area (Å²) in [5, 5.41) is 12.8. The monoisotopic (exact) mass is 702 g/mol. The Morgan fingerprint density at radius 2 is 1.65 bits per heavy atom. The van der Waals surface area contributed by atoms with Gasteiger partial charge in [-0.15, -0.1) is 0 Å². The molecule has 4 heteroatoms. The zero-order valence-electron chi connectivity index (χ0n) is 28.9. The topological polar surface area (TPSA) is 38.7 Å². The first-order chi connectivity index (χ1) is 20.5. The number of hydrogen-bond donors (Lipinski definition) is 1. The van der Waals surface area contributed by atoms with Crippen LogP contribution in [0.4, 0.5) is 0 Å². The average molecular weight is 702 g/mol. The van der Waals surface area contributed by atoms with Gasteiger partial charge in [-0.3, -0.25) is 0 Å². The third-order valence-electron chi connectivity index (χ3n) is 13.3. The fourth-order valence-corrected chi connectivity index (χ4v) is 25.6. The standard InChI is InChI=1S/C27H39O3.3C4H9.Sn/c1-6-26-14-18(3)23-20-10-12-25(16-24(4,5)17-29-30-25)15-19(20)8-9-21(23)22(26)11-13-27(26,28)7-2;3*1-3-4-2;/h2,7-8,20-23,28H,3,6,9-17H2,1,4-5H3;3*1,3-4H2,2H3;/t20-,21-,22-,23+,25?,26-,27-;;;;/m0..../s1. The van der Waals surface area contributed by atoms with Crippen molar-refractivity contribution in [1.82, 2.24) is 0 Å². The molecule has 0 radical (unpaired) electrons. The van der Waals surface area contributed by atoms with Crippen molar-refractivity contribution in [2.24, 2.45) is 34.5 Å². The zero-order chi connectivity index (χ0) is 30.9. The first-order valence-electron chi connectivity index (χ1n) is 18.6. The molecule has 0 bridgehead atoms. The predicted octanol–water partition coefficient (Wildman–Crippen LogP) is 10.9.